The minimum absolute atomic E-state index is 0. The first-order chi connectivity index (χ1) is 6.36. The molecule has 1 rings (SSSR count). The van der Waals surface area contributed by atoms with Gasteiger partial charge in [0.15, 0.2) is 11.5 Å². The molecule has 0 heterocycles. The van der Waals surface area contributed by atoms with Gasteiger partial charge >= 0.3 is 0 Å². The van der Waals surface area contributed by atoms with Crippen molar-refractivity contribution in [3.05, 3.63) is 23.3 Å². The van der Waals surface area contributed by atoms with E-state index >= 15 is 0 Å². The summed E-state index contributed by atoms with van der Waals surface area (Å²) in [6.07, 6.45) is 0. The van der Waals surface area contributed by atoms with E-state index in [1.54, 1.807) is 6.07 Å². The third-order valence-corrected chi connectivity index (χ3v) is 2.21. The second-order valence-corrected chi connectivity index (χ2v) is 4.41. The normalized spacial score (nSPS) is 10.2. The fraction of sp³-hybridized carbons (Fsp3) is 0.538. The average Bonchev–Trinajstić information content (AvgIpc) is 2.07. The van der Waals surface area contributed by atoms with E-state index < -0.39 is 0 Å². The van der Waals surface area contributed by atoms with Crippen molar-refractivity contribution in [2.45, 2.75) is 47.6 Å². The van der Waals surface area contributed by atoms with Gasteiger partial charge in [0.25, 0.3) is 0 Å². The summed E-state index contributed by atoms with van der Waals surface area (Å²) in [6.45, 7) is 5.73. The van der Waals surface area contributed by atoms with Gasteiger partial charge in [0, 0.05) is 5.56 Å². The highest BCUT2D eigenvalue weighted by molar-refractivity contribution is 5.48. The number of aliphatic hydroxyl groups excluding tert-OH is 1. The van der Waals surface area contributed by atoms with Crippen LogP contribution < -0.4 is 0 Å². The molecular formula is C13H24O3. The number of benzene rings is 1. The third-order valence-electron chi connectivity index (χ3n) is 2.21. The number of aromatic hydroxyl groups is 2. The molecule has 3 N–H and O–H groups in total. The summed E-state index contributed by atoms with van der Waals surface area (Å²) in [6, 6.07) is 3.23. The number of rotatable bonds is 1. The average molecular weight is 228 g/mol. The van der Waals surface area contributed by atoms with Crippen molar-refractivity contribution in [2.24, 2.45) is 0 Å². The molecule has 0 unspecified atom stereocenters. The molecule has 16 heavy (non-hydrogen) atoms. The molecule has 0 aliphatic heterocycles. The zero-order valence-electron chi connectivity index (χ0n) is 8.70. The molecule has 0 fully saturated rings. The van der Waals surface area contributed by atoms with Crippen LogP contribution in [0.5, 0.6) is 11.5 Å². The summed E-state index contributed by atoms with van der Waals surface area (Å²) < 4.78 is 0. The summed E-state index contributed by atoms with van der Waals surface area (Å²) >= 11 is 0. The number of hydrogen-bond donors (Lipinski definition) is 3. The van der Waals surface area contributed by atoms with E-state index in [1.807, 2.05) is 20.8 Å². The highest BCUT2D eigenvalue weighted by atomic mass is 16.3. The van der Waals surface area contributed by atoms with Crippen LogP contribution in [0.15, 0.2) is 12.1 Å². The smallest absolute Gasteiger partial charge is 0.163 e. The third kappa shape index (κ3) is 3.42. The van der Waals surface area contributed by atoms with Crippen LogP contribution in [0.25, 0.3) is 0 Å². The Labute approximate surface area is 98.4 Å². The van der Waals surface area contributed by atoms with Crippen LogP contribution in [0, 0.1) is 0 Å². The quantitative estimate of drug-likeness (QED) is 0.647. The van der Waals surface area contributed by atoms with Crippen LogP contribution in [0.4, 0.5) is 0 Å². The van der Waals surface area contributed by atoms with Gasteiger partial charge in [0.1, 0.15) is 0 Å². The number of phenols is 2. The van der Waals surface area contributed by atoms with Gasteiger partial charge in [0.05, 0.1) is 6.61 Å². The Hall–Kier alpha value is -1.22. The summed E-state index contributed by atoms with van der Waals surface area (Å²) in [4.78, 5) is 0. The lowest BCUT2D eigenvalue weighted by atomic mass is 9.86. The van der Waals surface area contributed by atoms with Crippen LogP contribution in [0.3, 0.4) is 0 Å². The van der Waals surface area contributed by atoms with E-state index in [0.717, 1.165) is 5.56 Å². The molecule has 0 aromatic heterocycles. The number of hydrogen-bond acceptors (Lipinski definition) is 3. The van der Waals surface area contributed by atoms with Crippen molar-refractivity contribution >= 4 is 0 Å². The van der Waals surface area contributed by atoms with Crippen molar-refractivity contribution in [2.75, 3.05) is 0 Å². The number of phenolic OH excluding ortho intramolecular Hbond substituents is 1. The first-order valence-electron chi connectivity index (χ1n) is 4.52. The molecule has 0 atom stereocenters. The minimum Gasteiger partial charge on any atom is -0.504 e. The maximum Gasteiger partial charge on any atom is 0.163 e. The molecule has 1 aromatic rings. The first-order valence-corrected chi connectivity index (χ1v) is 4.52. The van der Waals surface area contributed by atoms with Gasteiger partial charge in [-0.2, -0.15) is 0 Å². The van der Waals surface area contributed by atoms with Crippen molar-refractivity contribution in [3.8, 4) is 11.5 Å². The van der Waals surface area contributed by atoms with Crippen LogP contribution in [-0.4, -0.2) is 15.3 Å². The van der Waals surface area contributed by atoms with Crippen molar-refractivity contribution in [1.29, 1.82) is 0 Å². The molecule has 0 aliphatic rings. The van der Waals surface area contributed by atoms with Gasteiger partial charge in [-0.25, -0.2) is 0 Å². The molecule has 0 bridgehead atoms. The highest BCUT2D eigenvalue weighted by Crippen LogP contribution is 2.34. The number of aliphatic hydroxyl groups is 1. The SMILES string of the molecule is C.C.CC(C)(C)c1cc(O)c(O)c(CO)c1. The summed E-state index contributed by atoms with van der Waals surface area (Å²) in [5.74, 6) is -0.415. The Morgan fingerprint density at radius 3 is 1.94 bits per heavy atom. The molecule has 0 radical (unpaired) electrons. The molecule has 0 saturated carbocycles. The van der Waals surface area contributed by atoms with E-state index in [1.165, 1.54) is 6.07 Å². The van der Waals surface area contributed by atoms with Crippen LogP contribution in [0.2, 0.25) is 0 Å². The first kappa shape index (κ1) is 17.2. The van der Waals surface area contributed by atoms with E-state index in [2.05, 4.69) is 0 Å². The van der Waals surface area contributed by atoms with Crippen molar-refractivity contribution < 1.29 is 15.3 Å². The predicted molar refractivity (Wildman–Crippen MR) is 67.9 cm³/mol. The van der Waals surface area contributed by atoms with Gasteiger partial charge < -0.3 is 15.3 Å². The van der Waals surface area contributed by atoms with Gasteiger partial charge in [-0.3, -0.25) is 0 Å². The molecule has 3 nitrogen and oxygen atoms in total. The minimum atomic E-state index is -0.274. The second-order valence-electron chi connectivity index (χ2n) is 4.41. The van der Waals surface area contributed by atoms with Crippen molar-refractivity contribution in [3.63, 3.8) is 0 Å². The van der Waals surface area contributed by atoms with Gasteiger partial charge in [-0.05, 0) is 23.1 Å². The Morgan fingerprint density at radius 1 is 1.06 bits per heavy atom. The van der Waals surface area contributed by atoms with Gasteiger partial charge in [0.2, 0.25) is 0 Å². The van der Waals surface area contributed by atoms with Crippen LogP contribution in [0.1, 0.15) is 46.8 Å². The molecule has 94 valence electrons. The van der Waals surface area contributed by atoms with E-state index in [0.29, 0.717) is 5.56 Å². The standard InChI is InChI=1S/C11H16O3.2CH4/c1-11(2,3)8-4-7(6-12)10(14)9(13)5-8;;/h4-5,12-14H,6H2,1-3H3;2*1H4. The monoisotopic (exact) mass is 228 g/mol. The summed E-state index contributed by atoms with van der Waals surface area (Å²) in [5.41, 5.74) is 1.13. The summed E-state index contributed by atoms with van der Waals surface area (Å²) in [5, 5.41) is 27.8. The Kier molecular flexibility index (Phi) is 6.18. The second kappa shape index (κ2) is 5.75. The molecule has 0 aliphatic carbocycles. The Morgan fingerprint density at radius 2 is 1.56 bits per heavy atom. The largest absolute Gasteiger partial charge is 0.504 e. The molecule has 0 saturated heterocycles. The van der Waals surface area contributed by atoms with Gasteiger partial charge in [-0.15, -0.1) is 0 Å². The fourth-order valence-electron chi connectivity index (χ4n) is 1.23. The van der Waals surface area contributed by atoms with Crippen LogP contribution in [-0.2, 0) is 12.0 Å². The van der Waals surface area contributed by atoms with Crippen molar-refractivity contribution in [1.82, 2.24) is 0 Å². The topological polar surface area (TPSA) is 60.7 Å². The predicted octanol–water partition coefficient (Wildman–Crippen LogP) is 3.16. The molecule has 0 amide bonds. The lowest BCUT2D eigenvalue weighted by Crippen LogP contribution is -2.11. The van der Waals surface area contributed by atoms with Crippen LogP contribution >= 0.6 is 0 Å². The maximum atomic E-state index is 9.41. The molecule has 0 spiro atoms. The Balaban J connectivity index is 0. The Bertz CT molecular complexity index is 338. The molecule has 1 aromatic carbocycles. The van der Waals surface area contributed by atoms with E-state index in [-0.39, 0.29) is 38.4 Å². The lowest BCUT2D eigenvalue weighted by Gasteiger charge is -2.20. The maximum absolute atomic E-state index is 9.41. The molecule has 3 heteroatoms. The zero-order chi connectivity index (χ0) is 10.9. The summed E-state index contributed by atoms with van der Waals surface area (Å²) in [7, 11) is 0. The zero-order valence-corrected chi connectivity index (χ0v) is 8.70. The lowest BCUT2D eigenvalue weighted by molar-refractivity contribution is 0.272. The highest BCUT2D eigenvalue weighted by Gasteiger charge is 2.17. The van der Waals surface area contributed by atoms with Gasteiger partial charge in [-0.1, -0.05) is 35.6 Å². The van der Waals surface area contributed by atoms with E-state index in [9.17, 15) is 10.2 Å². The fourth-order valence-corrected chi connectivity index (χ4v) is 1.23. The molecular weight excluding hydrogens is 204 g/mol. The van der Waals surface area contributed by atoms with E-state index in [4.69, 9.17) is 5.11 Å².